The van der Waals surface area contributed by atoms with Crippen molar-refractivity contribution in [2.75, 3.05) is 38.5 Å². The molecule has 0 bridgehead atoms. The van der Waals surface area contributed by atoms with Crippen LogP contribution in [0.5, 0.6) is 0 Å². The number of halogens is 3. The predicted octanol–water partition coefficient (Wildman–Crippen LogP) is 3.68. The zero-order valence-electron chi connectivity index (χ0n) is 13.3. The molecule has 1 fully saturated rings. The molecule has 0 spiro atoms. The van der Waals surface area contributed by atoms with Gasteiger partial charge < -0.3 is 10.6 Å². The SMILES string of the molecule is CNCCC1CCN(CC(=O)Nc2ccc(Cl)c(Cl)c2)CC1.Cl. The molecule has 0 saturated carbocycles. The van der Waals surface area contributed by atoms with Crippen LogP contribution in [0.3, 0.4) is 0 Å². The highest BCUT2D eigenvalue weighted by Crippen LogP contribution is 2.25. The second-order valence-corrected chi connectivity index (χ2v) is 6.60. The Morgan fingerprint density at radius 3 is 2.57 bits per heavy atom. The van der Waals surface area contributed by atoms with Gasteiger partial charge in [0.15, 0.2) is 0 Å². The van der Waals surface area contributed by atoms with Crippen LogP contribution in [-0.4, -0.2) is 44.0 Å². The predicted molar refractivity (Wildman–Crippen MR) is 100 cm³/mol. The highest BCUT2D eigenvalue weighted by molar-refractivity contribution is 6.42. The number of amides is 1. The molecule has 1 amide bonds. The van der Waals surface area contributed by atoms with Crippen molar-refractivity contribution in [3.8, 4) is 0 Å². The Kier molecular flexibility index (Phi) is 9.25. The molecule has 130 valence electrons. The minimum Gasteiger partial charge on any atom is -0.325 e. The van der Waals surface area contributed by atoms with Gasteiger partial charge >= 0.3 is 0 Å². The molecular weight excluding hydrogens is 357 g/mol. The van der Waals surface area contributed by atoms with E-state index in [1.807, 2.05) is 7.05 Å². The summed E-state index contributed by atoms with van der Waals surface area (Å²) in [6.45, 7) is 3.48. The van der Waals surface area contributed by atoms with Crippen LogP contribution >= 0.6 is 35.6 Å². The number of hydrogen-bond acceptors (Lipinski definition) is 3. The van der Waals surface area contributed by atoms with Gasteiger partial charge in [-0.3, -0.25) is 9.69 Å². The van der Waals surface area contributed by atoms with E-state index in [0.29, 0.717) is 22.3 Å². The molecule has 0 radical (unpaired) electrons. The molecular formula is C16H24Cl3N3O. The van der Waals surface area contributed by atoms with Gasteiger partial charge in [0.2, 0.25) is 5.91 Å². The van der Waals surface area contributed by atoms with Crippen molar-refractivity contribution < 1.29 is 4.79 Å². The Bertz CT molecular complexity index is 505. The van der Waals surface area contributed by atoms with Crippen molar-refractivity contribution >= 4 is 47.2 Å². The average molecular weight is 381 g/mol. The molecule has 1 aliphatic rings. The lowest BCUT2D eigenvalue weighted by atomic mass is 9.93. The third-order valence-electron chi connectivity index (χ3n) is 4.08. The maximum atomic E-state index is 12.1. The average Bonchev–Trinajstić information content (AvgIpc) is 2.50. The minimum atomic E-state index is -0.00735. The highest BCUT2D eigenvalue weighted by Gasteiger charge is 2.20. The second-order valence-electron chi connectivity index (χ2n) is 5.79. The van der Waals surface area contributed by atoms with Crippen molar-refractivity contribution in [2.24, 2.45) is 5.92 Å². The van der Waals surface area contributed by atoms with Crippen molar-refractivity contribution in [1.29, 1.82) is 0 Å². The van der Waals surface area contributed by atoms with Gasteiger partial charge in [-0.25, -0.2) is 0 Å². The van der Waals surface area contributed by atoms with E-state index < -0.39 is 0 Å². The van der Waals surface area contributed by atoms with Crippen LogP contribution in [0.25, 0.3) is 0 Å². The number of hydrogen-bond donors (Lipinski definition) is 2. The first kappa shape index (κ1) is 20.5. The van der Waals surface area contributed by atoms with E-state index in [9.17, 15) is 4.79 Å². The summed E-state index contributed by atoms with van der Waals surface area (Å²) in [5, 5.41) is 7.00. The van der Waals surface area contributed by atoms with Crippen LogP contribution in [0.2, 0.25) is 10.0 Å². The van der Waals surface area contributed by atoms with E-state index in [2.05, 4.69) is 15.5 Å². The van der Waals surface area contributed by atoms with Gasteiger partial charge in [-0.1, -0.05) is 23.2 Å². The highest BCUT2D eigenvalue weighted by atomic mass is 35.5. The molecule has 0 aromatic heterocycles. The summed E-state index contributed by atoms with van der Waals surface area (Å²) in [6.07, 6.45) is 3.56. The zero-order valence-corrected chi connectivity index (χ0v) is 15.6. The van der Waals surface area contributed by atoms with Gasteiger partial charge in [0.05, 0.1) is 16.6 Å². The smallest absolute Gasteiger partial charge is 0.238 e. The summed E-state index contributed by atoms with van der Waals surface area (Å²) in [6, 6.07) is 5.12. The fourth-order valence-corrected chi connectivity index (χ4v) is 3.06. The third-order valence-corrected chi connectivity index (χ3v) is 4.82. The number of carbonyl (C=O) groups excluding carboxylic acids is 1. The van der Waals surface area contributed by atoms with Crippen molar-refractivity contribution in [3.05, 3.63) is 28.2 Å². The molecule has 0 atom stereocenters. The Morgan fingerprint density at radius 2 is 1.96 bits per heavy atom. The molecule has 1 aromatic carbocycles. The first-order valence-electron chi connectivity index (χ1n) is 7.70. The second kappa shape index (κ2) is 10.4. The molecule has 1 aromatic rings. The van der Waals surface area contributed by atoms with Gasteiger partial charge in [0.1, 0.15) is 0 Å². The van der Waals surface area contributed by atoms with E-state index >= 15 is 0 Å². The standard InChI is InChI=1S/C16H23Cl2N3O.ClH/c1-19-7-4-12-5-8-21(9-6-12)11-16(22)20-13-2-3-14(17)15(18)10-13;/h2-3,10,12,19H,4-9,11H2,1H3,(H,20,22);1H. The Hall–Kier alpha value is -0.520. The first-order valence-corrected chi connectivity index (χ1v) is 8.46. The minimum absolute atomic E-state index is 0. The summed E-state index contributed by atoms with van der Waals surface area (Å²) < 4.78 is 0. The molecule has 2 rings (SSSR count). The summed E-state index contributed by atoms with van der Waals surface area (Å²) in [5.74, 6) is 0.772. The topological polar surface area (TPSA) is 44.4 Å². The Morgan fingerprint density at radius 1 is 1.26 bits per heavy atom. The fraction of sp³-hybridized carbons (Fsp3) is 0.562. The monoisotopic (exact) mass is 379 g/mol. The number of piperidine rings is 1. The Balaban J connectivity index is 0.00000264. The van der Waals surface area contributed by atoms with E-state index in [1.54, 1.807) is 18.2 Å². The van der Waals surface area contributed by atoms with Gasteiger partial charge in [-0.2, -0.15) is 0 Å². The molecule has 0 aliphatic carbocycles. The van der Waals surface area contributed by atoms with Crippen LogP contribution in [0, 0.1) is 5.92 Å². The van der Waals surface area contributed by atoms with Gasteiger partial charge in [-0.05, 0) is 70.1 Å². The largest absolute Gasteiger partial charge is 0.325 e. The molecule has 0 unspecified atom stereocenters. The molecule has 1 heterocycles. The summed E-state index contributed by atoms with van der Waals surface area (Å²) in [5.41, 5.74) is 0.684. The fourth-order valence-electron chi connectivity index (χ4n) is 2.76. The zero-order chi connectivity index (χ0) is 15.9. The van der Waals surface area contributed by atoms with Gasteiger partial charge in [-0.15, -0.1) is 12.4 Å². The summed E-state index contributed by atoms with van der Waals surface area (Å²) in [7, 11) is 1.99. The lowest BCUT2D eigenvalue weighted by molar-refractivity contribution is -0.117. The van der Waals surface area contributed by atoms with Crippen LogP contribution in [0.1, 0.15) is 19.3 Å². The number of likely N-dealkylation sites (tertiary alicyclic amines) is 1. The molecule has 2 N–H and O–H groups in total. The van der Waals surface area contributed by atoms with Crippen LogP contribution in [-0.2, 0) is 4.79 Å². The maximum absolute atomic E-state index is 12.1. The number of rotatable bonds is 6. The molecule has 7 heteroatoms. The summed E-state index contributed by atoms with van der Waals surface area (Å²) >= 11 is 11.8. The van der Waals surface area contributed by atoms with Crippen molar-refractivity contribution in [1.82, 2.24) is 10.2 Å². The van der Waals surface area contributed by atoms with E-state index in [0.717, 1.165) is 25.6 Å². The van der Waals surface area contributed by atoms with E-state index in [4.69, 9.17) is 23.2 Å². The summed E-state index contributed by atoms with van der Waals surface area (Å²) in [4.78, 5) is 14.3. The van der Waals surface area contributed by atoms with Crippen LogP contribution in [0.15, 0.2) is 18.2 Å². The maximum Gasteiger partial charge on any atom is 0.238 e. The third kappa shape index (κ3) is 6.86. The molecule has 1 saturated heterocycles. The number of nitrogens with one attached hydrogen (secondary N) is 2. The van der Waals surface area contributed by atoms with E-state index in [-0.39, 0.29) is 18.3 Å². The number of nitrogens with zero attached hydrogens (tertiary/aromatic N) is 1. The van der Waals surface area contributed by atoms with Gasteiger partial charge in [0, 0.05) is 5.69 Å². The van der Waals surface area contributed by atoms with Crippen molar-refractivity contribution in [3.63, 3.8) is 0 Å². The van der Waals surface area contributed by atoms with E-state index in [1.165, 1.54) is 19.3 Å². The number of carbonyl (C=O) groups is 1. The first-order chi connectivity index (χ1) is 10.6. The van der Waals surface area contributed by atoms with Gasteiger partial charge in [0.25, 0.3) is 0 Å². The molecule has 23 heavy (non-hydrogen) atoms. The lowest BCUT2D eigenvalue weighted by Gasteiger charge is -2.31. The lowest BCUT2D eigenvalue weighted by Crippen LogP contribution is -2.39. The molecule has 4 nitrogen and oxygen atoms in total. The Labute approximate surface area is 154 Å². The van der Waals surface area contributed by atoms with Crippen LogP contribution in [0.4, 0.5) is 5.69 Å². The quantitative estimate of drug-likeness (QED) is 0.791. The normalized spacial score (nSPS) is 16.0. The molecule has 1 aliphatic heterocycles. The number of benzene rings is 1. The number of anilines is 1. The van der Waals surface area contributed by atoms with Crippen LogP contribution < -0.4 is 10.6 Å². The van der Waals surface area contributed by atoms with Crippen molar-refractivity contribution in [2.45, 2.75) is 19.3 Å².